The van der Waals surface area contributed by atoms with Crippen molar-refractivity contribution in [2.45, 2.75) is 45.9 Å². The van der Waals surface area contributed by atoms with Gasteiger partial charge in [0.05, 0.1) is 24.2 Å². The zero-order valence-electron chi connectivity index (χ0n) is 12.5. The van der Waals surface area contributed by atoms with Crippen molar-refractivity contribution in [2.75, 3.05) is 7.11 Å². The molecule has 0 saturated carbocycles. The summed E-state index contributed by atoms with van der Waals surface area (Å²) in [6.07, 6.45) is -0.285. The van der Waals surface area contributed by atoms with E-state index in [0.717, 1.165) is 21.3 Å². The van der Waals surface area contributed by atoms with Gasteiger partial charge in [-0.05, 0) is 60.8 Å². The van der Waals surface area contributed by atoms with E-state index >= 15 is 0 Å². The van der Waals surface area contributed by atoms with Crippen LogP contribution in [-0.2, 0) is 11.3 Å². The SMILES string of the molecule is COc1ccc2c(c1Br)CN(C(=O)OC(C)(C)C)[C@H]2C. The third kappa shape index (κ3) is 2.77. The summed E-state index contributed by atoms with van der Waals surface area (Å²) in [5.41, 5.74) is 1.73. The van der Waals surface area contributed by atoms with Gasteiger partial charge in [0, 0.05) is 0 Å². The van der Waals surface area contributed by atoms with Gasteiger partial charge in [0.2, 0.25) is 0 Å². The highest BCUT2D eigenvalue weighted by molar-refractivity contribution is 9.10. The van der Waals surface area contributed by atoms with E-state index in [1.54, 1.807) is 12.0 Å². The van der Waals surface area contributed by atoms with Crippen molar-refractivity contribution in [2.24, 2.45) is 0 Å². The van der Waals surface area contributed by atoms with E-state index in [4.69, 9.17) is 9.47 Å². The van der Waals surface area contributed by atoms with Crippen molar-refractivity contribution in [3.63, 3.8) is 0 Å². The van der Waals surface area contributed by atoms with E-state index in [-0.39, 0.29) is 12.1 Å². The first-order valence-electron chi connectivity index (χ1n) is 6.59. The van der Waals surface area contributed by atoms with E-state index in [1.165, 1.54) is 0 Å². The molecule has 110 valence electrons. The zero-order valence-corrected chi connectivity index (χ0v) is 14.1. The molecule has 2 rings (SSSR count). The Bertz CT molecular complexity index is 537. The average Bonchev–Trinajstić information content (AvgIpc) is 2.66. The molecule has 0 spiro atoms. The van der Waals surface area contributed by atoms with Gasteiger partial charge in [0.15, 0.2) is 0 Å². The minimum atomic E-state index is -0.486. The normalized spacial score (nSPS) is 17.9. The van der Waals surface area contributed by atoms with Gasteiger partial charge < -0.3 is 9.47 Å². The highest BCUT2D eigenvalue weighted by Crippen LogP contribution is 2.41. The van der Waals surface area contributed by atoms with Crippen LogP contribution in [-0.4, -0.2) is 23.7 Å². The number of fused-ring (bicyclic) bond motifs is 1. The summed E-state index contributed by atoms with van der Waals surface area (Å²) >= 11 is 3.55. The smallest absolute Gasteiger partial charge is 0.411 e. The van der Waals surface area contributed by atoms with Crippen LogP contribution in [0.1, 0.15) is 44.9 Å². The summed E-state index contributed by atoms with van der Waals surface area (Å²) in [5.74, 6) is 0.780. The maximum atomic E-state index is 12.3. The Balaban J connectivity index is 2.27. The van der Waals surface area contributed by atoms with Crippen molar-refractivity contribution in [1.82, 2.24) is 4.90 Å². The lowest BCUT2D eigenvalue weighted by molar-refractivity contribution is 0.0187. The number of benzene rings is 1. The molecular weight excluding hydrogens is 322 g/mol. The van der Waals surface area contributed by atoms with Crippen LogP contribution in [0.5, 0.6) is 5.75 Å². The Hall–Kier alpha value is -1.23. The predicted molar refractivity (Wildman–Crippen MR) is 80.9 cm³/mol. The highest BCUT2D eigenvalue weighted by atomic mass is 79.9. The van der Waals surface area contributed by atoms with Crippen LogP contribution in [0.4, 0.5) is 4.79 Å². The third-order valence-corrected chi connectivity index (χ3v) is 4.21. The molecule has 1 atom stereocenters. The van der Waals surface area contributed by atoms with Gasteiger partial charge in [-0.25, -0.2) is 4.79 Å². The molecule has 1 heterocycles. The Labute approximate surface area is 128 Å². The number of nitrogens with zero attached hydrogens (tertiary/aromatic N) is 1. The Morgan fingerprint density at radius 3 is 2.60 bits per heavy atom. The van der Waals surface area contributed by atoms with Crippen LogP contribution >= 0.6 is 15.9 Å². The summed E-state index contributed by atoms with van der Waals surface area (Å²) in [6.45, 7) is 8.16. The molecule has 0 aliphatic carbocycles. The van der Waals surface area contributed by atoms with Gasteiger partial charge in [0.25, 0.3) is 0 Å². The third-order valence-electron chi connectivity index (χ3n) is 3.34. The summed E-state index contributed by atoms with van der Waals surface area (Å²) in [5, 5.41) is 0. The lowest BCUT2D eigenvalue weighted by Crippen LogP contribution is -2.35. The molecule has 20 heavy (non-hydrogen) atoms. The second kappa shape index (κ2) is 5.28. The van der Waals surface area contributed by atoms with Crippen LogP contribution < -0.4 is 4.74 Å². The number of methoxy groups -OCH3 is 1. The van der Waals surface area contributed by atoms with E-state index in [2.05, 4.69) is 15.9 Å². The maximum Gasteiger partial charge on any atom is 0.411 e. The lowest BCUT2D eigenvalue weighted by atomic mass is 10.1. The summed E-state index contributed by atoms with van der Waals surface area (Å²) in [7, 11) is 1.64. The maximum absolute atomic E-state index is 12.3. The fourth-order valence-corrected chi connectivity index (χ4v) is 2.99. The fourth-order valence-electron chi connectivity index (χ4n) is 2.34. The number of carbonyl (C=O) groups is 1. The lowest BCUT2D eigenvalue weighted by Gasteiger charge is -2.27. The highest BCUT2D eigenvalue weighted by Gasteiger charge is 2.35. The number of ether oxygens (including phenoxy) is 2. The van der Waals surface area contributed by atoms with Crippen LogP contribution in [0.15, 0.2) is 16.6 Å². The molecule has 1 aromatic carbocycles. The first kappa shape index (κ1) is 15.2. The molecule has 0 fully saturated rings. The summed E-state index contributed by atoms with van der Waals surface area (Å²) in [6, 6.07) is 3.92. The van der Waals surface area contributed by atoms with Crippen molar-refractivity contribution >= 4 is 22.0 Å². The van der Waals surface area contributed by atoms with Crippen molar-refractivity contribution in [3.8, 4) is 5.75 Å². The zero-order chi connectivity index (χ0) is 15.1. The first-order valence-corrected chi connectivity index (χ1v) is 7.39. The van der Waals surface area contributed by atoms with Gasteiger partial charge in [-0.3, -0.25) is 4.90 Å². The molecule has 0 aromatic heterocycles. The minimum absolute atomic E-state index is 0.00190. The molecule has 0 radical (unpaired) electrons. The molecule has 0 bridgehead atoms. The molecule has 5 heteroatoms. The Morgan fingerprint density at radius 1 is 1.40 bits per heavy atom. The Kier molecular flexibility index (Phi) is 4.00. The Morgan fingerprint density at radius 2 is 2.05 bits per heavy atom. The predicted octanol–water partition coefficient (Wildman–Crippen LogP) is 4.27. The van der Waals surface area contributed by atoms with Crippen LogP contribution in [0, 0.1) is 0 Å². The largest absolute Gasteiger partial charge is 0.496 e. The second-order valence-corrected chi connectivity index (χ2v) is 6.73. The second-order valence-electron chi connectivity index (χ2n) is 5.93. The van der Waals surface area contributed by atoms with Crippen LogP contribution in [0.2, 0.25) is 0 Å². The summed E-state index contributed by atoms with van der Waals surface area (Å²) < 4.78 is 11.7. The fraction of sp³-hybridized carbons (Fsp3) is 0.533. The number of carbonyl (C=O) groups excluding carboxylic acids is 1. The number of hydrogen-bond acceptors (Lipinski definition) is 3. The van der Waals surface area contributed by atoms with Gasteiger partial charge in [-0.2, -0.15) is 0 Å². The molecule has 1 amide bonds. The number of halogens is 1. The van der Waals surface area contributed by atoms with Crippen molar-refractivity contribution in [3.05, 3.63) is 27.7 Å². The molecule has 0 saturated heterocycles. The van der Waals surface area contributed by atoms with E-state index < -0.39 is 5.60 Å². The van der Waals surface area contributed by atoms with Gasteiger partial charge >= 0.3 is 6.09 Å². The molecule has 0 unspecified atom stereocenters. The molecular formula is C15H20BrNO3. The number of rotatable bonds is 1. The van der Waals surface area contributed by atoms with Crippen molar-refractivity contribution < 1.29 is 14.3 Å². The van der Waals surface area contributed by atoms with Crippen molar-refractivity contribution in [1.29, 1.82) is 0 Å². The molecule has 1 aromatic rings. The minimum Gasteiger partial charge on any atom is -0.496 e. The monoisotopic (exact) mass is 341 g/mol. The van der Waals surface area contributed by atoms with Gasteiger partial charge in [-0.1, -0.05) is 6.07 Å². The first-order chi connectivity index (χ1) is 9.24. The molecule has 1 aliphatic rings. The van der Waals surface area contributed by atoms with Gasteiger partial charge in [-0.15, -0.1) is 0 Å². The standard InChI is InChI=1S/C15H20BrNO3/c1-9-10-6-7-12(19-5)13(16)11(10)8-17(9)14(18)20-15(2,3)4/h6-7,9H,8H2,1-5H3/t9-/m0/s1. The quantitative estimate of drug-likeness (QED) is 0.765. The molecule has 4 nitrogen and oxygen atoms in total. The van der Waals surface area contributed by atoms with E-state index in [1.807, 2.05) is 39.8 Å². The number of amides is 1. The average molecular weight is 342 g/mol. The van der Waals surface area contributed by atoms with E-state index in [0.29, 0.717) is 6.54 Å². The van der Waals surface area contributed by atoms with E-state index in [9.17, 15) is 4.79 Å². The summed E-state index contributed by atoms with van der Waals surface area (Å²) in [4.78, 5) is 14.0. The molecule has 1 aliphatic heterocycles. The molecule has 0 N–H and O–H groups in total. The number of hydrogen-bond donors (Lipinski definition) is 0. The van der Waals surface area contributed by atoms with Gasteiger partial charge in [0.1, 0.15) is 11.4 Å². The topological polar surface area (TPSA) is 38.8 Å². The van der Waals surface area contributed by atoms with Crippen LogP contribution in [0.3, 0.4) is 0 Å². The van der Waals surface area contributed by atoms with Crippen LogP contribution in [0.25, 0.3) is 0 Å².